The zero-order valence-electron chi connectivity index (χ0n) is 11.4. The first-order valence-electron chi connectivity index (χ1n) is 6.94. The topological polar surface area (TPSA) is 55.0 Å². The van der Waals surface area contributed by atoms with Crippen LogP contribution < -0.4 is 0 Å². The molecular formula is C15H17BrN2O2. The monoisotopic (exact) mass is 336 g/mol. The number of hydrogen-bond acceptors (Lipinski definition) is 3. The summed E-state index contributed by atoms with van der Waals surface area (Å²) in [7, 11) is 0. The minimum atomic E-state index is -0.179. The summed E-state index contributed by atoms with van der Waals surface area (Å²) in [6, 6.07) is 6.07. The maximum atomic E-state index is 11.0. The zero-order chi connectivity index (χ0) is 14.1. The average Bonchev–Trinajstić information content (AvgIpc) is 2.81. The maximum absolute atomic E-state index is 11.0. The predicted octanol–water partition coefficient (Wildman–Crippen LogP) is 3.91. The van der Waals surface area contributed by atoms with E-state index in [1.807, 2.05) is 12.1 Å². The maximum Gasteiger partial charge on any atom is 0.302 e. The van der Waals surface area contributed by atoms with Gasteiger partial charge in [0.2, 0.25) is 0 Å². The molecule has 0 aliphatic heterocycles. The first kappa shape index (κ1) is 13.6. The third-order valence-corrected chi connectivity index (χ3v) is 4.35. The molecule has 0 spiro atoms. The Hall–Kier alpha value is -1.36. The highest BCUT2D eigenvalue weighted by Gasteiger charge is 2.26. The number of nitrogens with zero attached hydrogens (tertiary/aromatic N) is 1. The van der Waals surface area contributed by atoms with E-state index in [1.54, 1.807) is 0 Å². The van der Waals surface area contributed by atoms with E-state index in [2.05, 4.69) is 32.0 Å². The molecule has 0 bridgehead atoms. The van der Waals surface area contributed by atoms with Crippen LogP contribution in [-0.4, -0.2) is 22.0 Å². The number of ether oxygens (including phenoxy) is 1. The third-order valence-electron chi connectivity index (χ3n) is 3.86. The normalized spacial score (nSPS) is 22.9. The van der Waals surface area contributed by atoms with Gasteiger partial charge in [0.15, 0.2) is 0 Å². The van der Waals surface area contributed by atoms with Crippen molar-refractivity contribution in [1.82, 2.24) is 9.97 Å². The number of aromatic nitrogens is 2. The van der Waals surface area contributed by atoms with Gasteiger partial charge in [0, 0.05) is 17.3 Å². The van der Waals surface area contributed by atoms with Crippen molar-refractivity contribution >= 4 is 32.9 Å². The predicted molar refractivity (Wildman–Crippen MR) is 80.6 cm³/mol. The molecule has 2 aromatic rings. The van der Waals surface area contributed by atoms with E-state index < -0.39 is 0 Å². The van der Waals surface area contributed by atoms with E-state index in [1.165, 1.54) is 6.92 Å². The van der Waals surface area contributed by atoms with Crippen molar-refractivity contribution in [3.05, 3.63) is 28.5 Å². The van der Waals surface area contributed by atoms with E-state index >= 15 is 0 Å². The van der Waals surface area contributed by atoms with Gasteiger partial charge >= 0.3 is 5.97 Å². The number of carbonyl (C=O) groups is 1. The minimum absolute atomic E-state index is 0.0854. The molecular weight excluding hydrogens is 320 g/mol. The van der Waals surface area contributed by atoms with Gasteiger partial charge in [0.1, 0.15) is 11.9 Å². The van der Waals surface area contributed by atoms with Crippen molar-refractivity contribution in [1.29, 1.82) is 0 Å². The number of esters is 1. The zero-order valence-corrected chi connectivity index (χ0v) is 12.9. The summed E-state index contributed by atoms with van der Waals surface area (Å²) in [5.74, 6) is 1.31. The molecule has 1 saturated carbocycles. The van der Waals surface area contributed by atoms with Crippen molar-refractivity contribution in [2.45, 2.75) is 44.6 Å². The Morgan fingerprint density at radius 2 is 2.10 bits per heavy atom. The van der Waals surface area contributed by atoms with Gasteiger partial charge in [-0.05, 0) is 43.9 Å². The van der Waals surface area contributed by atoms with E-state index in [0.29, 0.717) is 5.92 Å². The minimum Gasteiger partial charge on any atom is -0.463 e. The first-order valence-corrected chi connectivity index (χ1v) is 7.73. The Bertz CT molecular complexity index is 630. The molecule has 1 fully saturated rings. The van der Waals surface area contributed by atoms with Crippen LogP contribution in [0.3, 0.4) is 0 Å². The van der Waals surface area contributed by atoms with Crippen LogP contribution in [-0.2, 0) is 9.53 Å². The van der Waals surface area contributed by atoms with E-state index in [9.17, 15) is 4.79 Å². The van der Waals surface area contributed by atoms with Crippen molar-refractivity contribution in [3.63, 3.8) is 0 Å². The number of halogens is 1. The van der Waals surface area contributed by atoms with Gasteiger partial charge in [-0.3, -0.25) is 4.79 Å². The highest BCUT2D eigenvalue weighted by Crippen LogP contribution is 2.33. The van der Waals surface area contributed by atoms with Gasteiger partial charge in [-0.1, -0.05) is 15.9 Å². The molecule has 106 valence electrons. The Morgan fingerprint density at radius 3 is 2.80 bits per heavy atom. The van der Waals surface area contributed by atoms with Crippen LogP contribution in [0.4, 0.5) is 0 Å². The van der Waals surface area contributed by atoms with E-state index in [0.717, 1.165) is 47.0 Å². The quantitative estimate of drug-likeness (QED) is 0.845. The highest BCUT2D eigenvalue weighted by atomic mass is 79.9. The smallest absolute Gasteiger partial charge is 0.302 e. The van der Waals surface area contributed by atoms with Crippen LogP contribution in [0.15, 0.2) is 22.7 Å². The second-order valence-electron chi connectivity index (χ2n) is 5.37. The number of nitrogens with one attached hydrogen (secondary N) is 1. The number of carbonyl (C=O) groups excluding carboxylic acids is 1. The second kappa shape index (κ2) is 5.56. The van der Waals surface area contributed by atoms with Crippen LogP contribution in [0, 0.1) is 0 Å². The standard InChI is InChI=1S/C15H17BrN2O2/c1-9(19)20-12-5-2-10(3-6-12)15-17-13-7-4-11(16)8-14(13)18-15/h4,7-8,10,12H,2-3,5-6H2,1H3,(H,17,18)/t10-,12-. The second-order valence-corrected chi connectivity index (χ2v) is 6.28. The molecule has 4 nitrogen and oxygen atoms in total. The summed E-state index contributed by atoms with van der Waals surface area (Å²) in [5.41, 5.74) is 2.07. The molecule has 0 radical (unpaired) electrons. The van der Waals surface area contributed by atoms with Gasteiger partial charge < -0.3 is 9.72 Å². The van der Waals surface area contributed by atoms with Crippen LogP contribution in [0.2, 0.25) is 0 Å². The Morgan fingerprint density at radius 1 is 1.35 bits per heavy atom. The number of rotatable bonds is 2. The highest BCUT2D eigenvalue weighted by molar-refractivity contribution is 9.10. The molecule has 20 heavy (non-hydrogen) atoms. The largest absolute Gasteiger partial charge is 0.463 e. The summed E-state index contributed by atoms with van der Waals surface area (Å²) in [6.45, 7) is 1.48. The van der Waals surface area contributed by atoms with Crippen molar-refractivity contribution in [2.75, 3.05) is 0 Å². The fourth-order valence-electron chi connectivity index (χ4n) is 2.88. The molecule has 5 heteroatoms. The Balaban J connectivity index is 1.71. The molecule has 0 atom stereocenters. The number of H-pyrrole nitrogens is 1. The van der Waals surface area contributed by atoms with Gasteiger partial charge in [-0.15, -0.1) is 0 Å². The van der Waals surface area contributed by atoms with Gasteiger partial charge in [0.05, 0.1) is 11.0 Å². The molecule has 0 amide bonds. The molecule has 1 aliphatic carbocycles. The molecule has 1 aliphatic rings. The molecule has 1 N–H and O–H groups in total. The average molecular weight is 337 g/mol. The lowest BCUT2D eigenvalue weighted by molar-refractivity contribution is -0.147. The molecule has 1 aromatic heterocycles. The van der Waals surface area contributed by atoms with Crippen LogP contribution in [0.25, 0.3) is 11.0 Å². The molecule has 0 unspecified atom stereocenters. The van der Waals surface area contributed by atoms with Crippen molar-refractivity contribution < 1.29 is 9.53 Å². The lowest BCUT2D eigenvalue weighted by Crippen LogP contribution is -2.23. The van der Waals surface area contributed by atoms with Crippen LogP contribution in [0.5, 0.6) is 0 Å². The van der Waals surface area contributed by atoms with Gasteiger partial charge in [-0.2, -0.15) is 0 Å². The molecule has 3 rings (SSSR count). The fraction of sp³-hybridized carbons (Fsp3) is 0.467. The lowest BCUT2D eigenvalue weighted by atomic mass is 9.87. The van der Waals surface area contributed by atoms with E-state index in [4.69, 9.17) is 4.74 Å². The Labute approximate surface area is 126 Å². The number of imidazole rings is 1. The first-order chi connectivity index (χ1) is 9.61. The van der Waals surface area contributed by atoms with Crippen molar-refractivity contribution in [3.8, 4) is 0 Å². The molecule has 1 aromatic carbocycles. The van der Waals surface area contributed by atoms with Crippen molar-refractivity contribution in [2.24, 2.45) is 0 Å². The van der Waals surface area contributed by atoms with Crippen LogP contribution in [0.1, 0.15) is 44.3 Å². The van der Waals surface area contributed by atoms with E-state index in [-0.39, 0.29) is 12.1 Å². The number of hydrogen-bond donors (Lipinski definition) is 1. The number of aromatic amines is 1. The van der Waals surface area contributed by atoms with Gasteiger partial charge in [-0.25, -0.2) is 4.98 Å². The SMILES string of the molecule is CC(=O)O[C@H]1CC[C@H](c2nc3ccc(Br)cc3[nH]2)CC1. The summed E-state index contributed by atoms with van der Waals surface area (Å²) >= 11 is 3.47. The van der Waals surface area contributed by atoms with Gasteiger partial charge in [0.25, 0.3) is 0 Å². The molecule has 1 heterocycles. The number of fused-ring (bicyclic) bond motifs is 1. The summed E-state index contributed by atoms with van der Waals surface area (Å²) in [4.78, 5) is 19.1. The summed E-state index contributed by atoms with van der Waals surface area (Å²) < 4.78 is 6.33. The summed E-state index contributed by atoms with van der Waals surface area (Å²) in [5, 5.41) is 0. The third kappa shape index (κ3) is 2.87. The Kier molecular flexibility index (Phi) is 3.78. The number of benzene rings is 1. The fourth-order valence-corrected chi connectivity index (χ4v) is 3.24. The lowest BCUT2D eigenvalue weighted by Gasteiger charge is -2.26. The molecule has 0 saturated heterocycles. The summed E-state index contributed by atoms with van der Waals surface area (Å²) in [6.07, 6.45) is 3.95. The van der Waals surface area contributed by atoms with Crippen LogP contribution >= 0.6 is 15.9 Å².